The van der Waals surface area contributed by atoms with Crippen LogP contribution >= 0.6 is 0 Å². The van der Waals surface area contributed by atoms with E-state index < -0.39 is 6.10 Å². The minimum atomic E-state index is -0.577. The van der Waals surface area contributed by atoms with Gasteiger partial charge in [0.15, 0.2) is 0 Å². The van der Waals surface area contributed by atoms with Crippen LogP contribution in [0.5, 0.6) is 0 Å². The van der Waals surface area contributed by atoms with Gasteiger partial charge in [-0.1, -0.05) is 67.6 Å². The average molecular weight is 276 g/mol. The minimum Gasteiger partial charge on any atom is -0.384 e. The lowest BCUT2D eigenvalue weighted by Crippen LogP contribution is -2.04. The van der Waals surface area contributed by atoms with E-state index in [1.165, 1.54) is 16.5 Å². The molecule has 3 rings (SSSR count). The highest BCUT2D eigenvalue weighted by Crippen LogP contribution is 2.32. The molecule has 0 fully saturated rings. The molecule has 3 aromatic carbocycles. The van der Waals surface area contributed by atoms with Gasteiger partial charge in [0.05, 0.1) is 0 Å². The average Bonchev–Trinajstić information content (AvgIpc) is 2.55. The lowest BCUT2D eigenvalue weighted by Gasteiger charge is -2.18. The zero-order chi connectivity index (χ0) is 14.8. The molecule has 0 amide bonds. The molecule has 0 aliphatic heterocycles. The number of fused-ring (bicyclic) bond motifs is 1. The highest BCUT2D eigenvalue weighted by Gasteiger charge is 2.16. The van der Waals surface area contributed by atoms with Crippen LogP contribution in [0.1, 0.15) is 35.3 Å². The molecule has 0 saturated heterocycles. The fourth-order valence-corrected chi connectivity index (χ4v) is 3.00. The summed E-state index contributed by atoms with van der Waals surface area (Å²) in [6, 6.07) is 20.6. The number of hydrogen-bond donors (Lipinski definition) is 1. The van der Waals surface area contributed by atoms with Gasteiger partial charge in [0.2, 0.25) is 0 Å². The molecule has 106 valence electrons. The van der Waals surface area contributed by atoms with Crippen molar-refractivity contribution < 1.29 is 5.11 Å². The van der Waals surface area contributed by atoms with Crippen molar-refractivity contribution in [1.29, 1.82) is 0 Å². The summed E-state index contributed by atoms with van der Waals surface area (Å²) in [4.78, 5) is 0. The smallest absolute Gasteiger partial charge is 0.105 e. The maximum atomic E-state index is 10.9. The van der Waals surface area contributed by atoms with E-state index in [4.69, 9.17) is 0 Å². The Balaban J connectivity index is 2.18. The molecule has 0 heterocycles. The monoisotopic (exact) mass is 276 g/mol. The molecule has 0 saturated carbocycles. The third-order valence-electron chi connectivity index (χ3n) is 4.20. The van der Waals surface area contributed by atoms with Gasteiger partial charge in [-0.3, -0.25) is 0 Å². The Hall–Kier alpha value is -2.12. The van der Waals surface area contributed by atoms with E-state index >= 15 is 0 Å². The number of aliphatic hydroxyl groups excluding tert-OH is 1. The van der Waals surface area contributed by atoms with Crippen LogP contribution in [0.25, 0.3) is 10.8 Å². The van der Waals surface area contributed by atoms with Crippen LogP contribution in [0.4, 0.5) is 0 Å². The maximum Gasteiger partial charge on any atom is 0.105 e. The van der Waals surface area contributed by atoms with Gasteiger partial charge < -0.3 is 5.11 Å². The van der Waals surface area contributed by atoms with Gasteiger partial charge in [0.1, 0.15) is 6.10 Å². The summed E-state index contributed by atoms with van der Waals surface area (Å²) in [5.41, 5.74) is 4.44. The molecular weight excluding hydrogens is 256 g/mol. The third-order valence-corrected chi connectivity index (χ3v) is 4.20. The third kappa shape index (κ3) is 2.45. The standard InChI is InChI=1S/C20H20O/c1-3-15-8-4-5-10-17(15)20(21)19-13-12-14(2)16-9-6-7-11-18(16)19/h4-13,20-21H,3H2,1-2H3. The molecule has 0 radical (unpaired) electrons. The maximum absolute atomic E-state index is 10.9. The lowest BCUT2D eigenvalue weighted by atomic mass is 9.91. The Morgan fingerprint density at radius 3 is 2.24 bits per heavy atom. The van der Waals surface area contributed by atoms with Gasteiger partial charge >= 0.3 is 0 Å². The van der Waals surface area contributed by atoms with Crippen LogP contribution < -0.4 is 0 Å². The predicted octanol–water partition coefficient (Wildman–Crippen LogP) is 4.79. The Morgan fingerprint density at radius 2 is 1.48 bits per heavy atom. The molecule has 0 aromatic heterocycles. The van der Waals surface area contributed by atoms with Crippen LogP contribution in [-0.2, 0) is 6.42 Å². The summed E-state index contributed by atoms with van der Waals surface area (Å²) in [6.45, 7) is 4.23. The Bertz CT molecular complexity index is 774. The lowest BCUT2D eigenvalue weighted by molar-refractivity contribution is 0.221. The second-order valence-electron chi connectivity index (χ2n) is 5.47. The van der Waals surface area contributed by atoms with Crippen LogP contribution in [0.2, 0.25) is 0 Å². The SMILES string of the molecule is CCc1ccccc1C(O)c1ccc(C)c2ccccc12. The Morgan fingerprint density at radius 1 is 0.810 bits per heavy atom. The van der Waals surface area contributed by atoms with E-state index in [-0.39, 0.29) is 0 Å². The Kier molecular flexibility index (Phi) is 3.76. The van der Waals surface area contributed by atoms with Gasteiger partial charge in [-0.25, -0.2) is 0 Å². The fraction of sp³-hybridized carbons (Fsp3) is 0.200. The second-order valence-corrected chi connectivity index (χ2v) is 5.47. The van der Waals surface area contributed by atoms with Crippen molar-refractivity contribution in [1.82, 2.24) is 0 Å². The number of hydrogen-bond acceptors (Lipinski definition) is 1. The first-order chi connectivity index (χ1) is 10.2. The number of aryl methyl sites for hydroxylation is 2. The first kappa shape index (κ1) is 13.8. The molecule has 21 heavy (non-hydrogen) atoms. The first-order valence-corrected chi connectivity index (χ1v) is 7.46. The highest BCUT2D eigenvalue weighted by atomic mass is 16.3. The van der Waals surface area contributed by atoms with Crippen LogP contribution in [0.15, 0.2) is 60.7 Å². The van der Waals surface area contributed by atoms with Crippen molar-refractivity contribution in [2.45, 2.75) is 26.4 Å². The summed E-state index contributed by atoms with van der Waals surface area (Å²) < 4.78 is 0. The minimum absolute atomic E-state index is 0.577. The molecular formula is C20H20O. The number of aliphatic hydroxyl groups is 1. The van der Waals surface area contributed by atoms with Crippen molar-refractivity contribution in [2.75, 3.05) is 0 Å². The van der Waals surface area contributed by atoms with Crippen molar-refractivity contribution in [3.8, 4) is 0 Å². The molecule has 0 bridgehead atoms. The van der Waals surface area contributed by atoms with Gasteiger partial charge in [-0.2, -0.15) is 0 Å². The van der Waals surface area contributed by atoms with E-state index in [1.54, 1.807) is 0 Å². The van der Waals surface area contributed by atoms with Crippen molar-refractivity contribution >= 4 is 10.8 Å². The van der Waals surface area contributed by atoms with Gasteiger partial charge in [0.25, 0.3) is 0 Å². The molecule has 1 N–H and O–H groups in total. The van der Waals surface area contributed by atoms with Crippen molar-refractivity contribution in [2.24, 2.45) is 0 Å². The Labute approximate surface area is 125 Å². The largest absolute Gasteiger partial charge is 0.384 e. The van der Waals surface area contributed by atoms with Crippen molar-refractivity contribution in [3.05, 3.63) is 82.9 Å². The molecule has 0 spiro atoms. The second kappa shape index (κ2) is 5.71. The summed E-state index contributed by atoms with van der Waals surface area (Å²) in [7, 11) is 0. The fourth-order valence-electron chi connectivity index (χ4n) is 3.00. The van der Waals surface area contributed by atoms with Crippen LogP contribution in [-0.4, -0.2) is 5.11 Å². The van der Waals surface area contributed by atoms with E-state index in [0.29, 0.717) is 0 Å². The van der Waals surface area contributed by atoms with E-state index in [9.17, 15) is 5.11 Å². The quantitative estimate of drug-likeness (QED) is 0.729. The summed E-state index contributed by atoms with van der Waals surface area (Å²) >= 11 is 0. The molecule has 0 aliphatic carbocycles. The number of rotatable bonds is 3. The van der Waals surface area contributed by atoms with Crippen LogP contribution in [0.3, 0.4) is 0 Å². The zero-order valence-electron chi connectivity index (χ0n) is 12.5. The van der Waals surface area contributed by atoms with E-state index in [2.05, 4.69) is 44.2 Å². The van der Waals surface area contributed by atoms with Gasteiger partial charge in [0, 0.05) is 0 Å². The molecule has 3 aromatic rings. The van der Waals surface area contributed by atoms with E-state index in [1.807, 2.05) is 30.3 Å². The topological polar surface area (TPSA) is 20.2 Å². The normalized spacial score (nSPS) is 12.5. The summed E-state index contributed by atoms with van der Waals surface area (Å²) in [6.07, 6.45) is 0.350. The van der Waals surface area contributed by atoms with Gasteiger partial charge in [-0.05, 0) is 46.4 Å². The first-order valence-electron chi connectivity index (χ1n) is 7.46. The zero-order valence-corrected chi connectivity index (χ0v) is 12.5. The van der Waals surface area contributed by atoms with Gasteiger partial charge in [-0.15, -0.1) is 0 Å². The van der Waals surface area contributed by atoms with Crippen LogP contribution in [0, 0.1) is 6.92 Å². The van der Waals surface area contributed by atoms with Crippen molar-refractivity contribution in [3.63, 3.8) is 0 Å². The molecule has 1 unspecified atom stereocenters. The predicted molar refractivity (Wildman–Crippen MR) is 88.6 cm³/mol. The summed E-state index contributed by atoms with van der Waals surface area (Å²) in [5, 5.41) is 13.2. The highest BCUT2D eigenvalue weighted by molar-refractivity contribution is 5.89. The summed E-state index contributed by atoms with van der Waals surface area (Å²) in [5.74, 6) is 0. The number of benzene rings is 3. The molecule has 1 nitrogen and oxygen atoms in total. The molecule has 1 atom stereocenters. The van der Waals surface area contributed by atoms with E-state index in [0.717, 1.165) is 22.9 Å². The molecule has 1 heteroatoms. The molecule has 0 aliphatic rings.